The number of carbonyl (C=O) groups is 1. The van der Waals surface area contributed by atoms with Crippen LogP contribution in [0.3, 0.4) is 0 Å². The van der Waals surface area contributed by atoms with Crippen LogP contribution in [0.15, 0.2) is 60.3 Å². The van der Waals surface area contributed by atoms with Crippen LogP contribution < -0.4 is 10.6 Å². The van der Waals surface area contributed by atoms with Crippen molar-refractivity contribution in [3.63, 3.8) is 0 Å². The third-order valence-electron chi connectivity index (χ3n) is 4.00. The average molecular weight is 333 g/mol. The molecule has 1 amide bonds. The summed E-state index contributed by atoms with van der Waals surface area (Å²) in [7, 11) is 0. The van der Waals surface area contributed by atoms with E-state index in [1.165, 1.54) is 11.8 Å². The summed E-state index contributed by atoms with van der Waals surface area (Å²) in [6.07, 6.45) is 2.42. The lowest BCUT2D eigenvalue weighted by molar-refractivity contribution is -0.117. The Morgan fingerprint density at radius 2 is 1.96 bits per heavy atom. The summed E-state index contributed by atoms with van der Waals surface area (Å²) in [5, 5.41) is 15.1. The molecule has 25 heavy (non-hydrogen) atoms. The zero-order valence-corrected chi connectivity index (χ0v) is 14.8. The molecular formula is C21H23N3O. The maximum absolute atomic E-state index is 12.3. The first-order valence-electron chi connectivity index (χ1n) is 8.36. The number of rotatable bonds is 6. The fourth-order valence-electron chi connectivity index (χ4n) is 2.44. The highest BCUT2D eigenvalue weighted by atomic mass is 16.1. The van der Waals surface area contributed by atoms with E-state index in [2.05, 4.69) is 29.7 Å². The summed E-state index contributed by atoms with van der Waals surface area (Å²) in [6.45, 7) is 5.99. The molecule has 2 N–H and O–H groups in total. The van der Waals surface area contributed by atoms with Crippen molar-refractivity contribution in [1.82, 2.24) is 5.32 Å². The van der Waals surface area contributed by atoms with Gasteiger partial charge >= 0.3 is 0 Å². The van der Waals surface area contributed by atoms with Gasteiger partial charge in [-0.15, -0.1) is 0 Å². The predicted octanol–water partition coefficient (Wildman–Crippen LogP) is 4.25. The Kier molecular flexibility index (Phi) is 6.36. The lowest BCUT2D eigenvalue weighted by Gasteiger charge is -2.14. The van der Waals surface area contributed by atoms with Crippen LogP contribution in [0.4, 0.5) is 5.69 Å². The van der Waals surface area contributed by atoms with Crippen molar-refractivity contribution in [2.45, 2.75) is 33.2 Å². The Morgan fingerprint density at radius 1 is 1.24 bits per heavy atom. The molecule has 1 atom stereocenters. The molecular weight excluding hydrogens is 310 g/mol. The van der Waals surface area contributed by atoms with Gasteiger partial charge < -0.3 is 10.6 Å². The number of benzene rings is 2. The normalized spacial score (nSPS) is 12.2. The van der Waals surface area contributed by atoms with E-state index >= 15 is 0 Å². The van der Waals surface area contributed by atoms with Crippen LogP contribution in [-0.2, 0) is 11.2 Å². The molecule has 0 aliphatic carbocycles. The topological polar surface area (TPSA) is 64.9 Å². The number of hydrogen-bond acceptors (Lipinski definition) is 3. The highest BCUT2D eigenvalue weighted by molar-refractivity contribution is 5.97. The van der Waals surface area contributed by atoms with Crippen LogP contribution in [0.1, 0.15) is 36.6 Å². The van der Waals surface area contributed by atoms with E-state index in [1.807, 2.05) is 56.3 Å². The highest BCUT2D eigenvalue weighted by Crippen LogP contribution is 2.15. The fourth-order valence-corrected chi connectivity index (χ4v) is 2.44. The molecule has 0 spiro atoms. The lowest BCUT2D eigenvalue weighted by Crippen LogP contribution is -2.28. The van der Waals surface area contributed by atoms with Crippen LogP contribution in [-0.4, -0.2) is 5.91 Å². The average Bonchev–Trinajstić information content (AvgIpc) is 2.62. The van der Waals surface area contributed by atoms with Crippen molar-refractivity contribution in [1.29, 1.82) is 5.26 Å². The van der Waals surface area contributed by atoms with Gasteiger partial charge in [-0.05, 0) is 49.1 Å². The third-order valence-corrected chi connectivity index (χ3v) is 4.00. The predicted molar refractivity (Wildman–Crippen MR) is 101 cm³/mol. The largest absolute Gasteiger partial charge is 0.360 e. The first-order chi connectivity index (χ1) is 12.0. The van der Waals surface area contributed by atoms with E-state index in [1.54, 1.807) is 0 Å². The summed E-state index contributed by atoms with van der Waals surface area (Å²) in [6, 6.07) is 17.6. The number of nitrogens with one attached hydrogen (secondary N) is 2. The van der Waals surface area contributed by atoms with Gasteiger partial charge in [0.2, 0.25) is 0 Å². The number of amides is 1. The molecule has 0 bridgehead atoms. The molecule has 0 radical (unpaired) electrons. The van der Waals surface area contributed by atoms with Gasteiger partial charge in [0.1, 0.15) is 11.6 Å². The van der Waals surface area contributed by atoms with Gasteiger partial charge in [-0.25, -0.2) is 0 Å². The Morgan fingerprint density at radius 3 is 2.56 bits per heavy atom. The summed E-state index contributed by atoms with van der Waals surface area (Å²) < 4.78 is 0. The number of anilines is 1. The minimum atomic E-state index is -0.394. The molecule has 2 aromatic carbocycles. The Balaban J connectivity index is 2.03. The first kappa shape index (κ1) is 18.3. The zero-order valence-electron chi connectivity index (χ0n) is 14.8. The molecule has 2 aromatic rings. The minimum Gasteiger partial charge on any atom is -0.360 e. The molecule has 2 rings (SSSR count). The van der Waals surface area contributed by atoms with Crippen LogP contribution >= 0.6 is 0 Å². The van der Waals surface area contributed by atoms with E-state index in [0.717, 1.165) is 23.2 Å². The number of nitrogens with zero attached hydrogens (tertiary/aromatic N) is 1. The van der Waals surface area contributed by atoms with Gasteiger partial charge in [0.05, 0.1) is 6.04 Å². The lowest BCUT2D eigenvalue weighted by atomic mass is 10.0. The molecule has 0 fully saturated rings. The van der Waals surface area contributed by atoms with E-state index in [4.69, 9.17) is 0 Å². The number of hydrogen-bond donors (Lipinski definition) is 2. The van der Waals surface area contributed by atoms with E-state index in [9.17, 15) is 10.1 Å². The maximum Gasteiger partial charge on any atom is 0.263 e. The van der Waals surface area contributed by atoms with E-state index in [-0.39, 0.29) is 11.6 Å². The van der Waals surface area contributed by atoms with Crippen LogP contribution in [0.2, 0.25) is 0 Å². The van der Waals surface area contributed by atoms with Gasteiger partial charge in [-0.1, -0.05) is 43.3 Å². The monoisotopic (exact) mass is 333 g/mol. The molecule has 0 heterocycles. The molecule has 0 aliphatic heterocycles. The summed E-state index contributed by atoms with van der Waals surface area (Å²) in [5.41, 5.74) is 4.24. The molecule has 128 valence electrons. The van der Waals surface area contributed by atoms with Crippen LogP contribution in [0.25, 0.3) is 0 Å². The second-order valence-corrected chi connectivity index (χ2v) is 5.97. The van der Waals surface area contributed by atoms with Gasteiger partial charge in [0, 0.05) is 11.9 Å². The standard InChI is InChI=1S/C21H23N3O/c1-4-17-8-10-18(11-9-17)16(3)24-21(25)19(13-22)14-23-20-7-5-6-15(2)12-20/h5-12,14,16,23H,4H2,1-3H3,(H,24,25)/b19-14-. The Hall–Kier alpha value is -3.06. The quantitative estimate of drug-likeness (QED) is 0.613. The fraction of sp³-hybridized carbons (Fsp3) is 0.238. The molecule has 0 aromatic heterocycles. The molecule has 0 saturated carbocycles. The molecule has 0 aliphatic rings. The first-order valence-corrected chi connectivity index (χ1v) is 8.36. The minimum absolute atomic E-state index is 0.0403. The van der Waals surface area contributed by atoms with Crippen LogP contribution in [0, 0.1) is 18.3 Å². The molecule has 0 saturated heterocycles. The van der Waals surface area contributed by atoms with Crippen molar-refractivity contribution < 1.29 is 4.79 Å². The van der Waals surface area contributed by atoms with Crippen molar-refractivity contribution >= 4 is 11.6 Å². The Labute approximate surface area is 149 Å². The van der Waals surface area contributed by atoms with E-state index in [0.29, 0.717) is 0 Å². The van der Waals surface area contributed by atoms with Crippen molar-refractivity contribution in [2.75, 3.05) is 5.32 Å². The molecule has 4 heteroatoms. The highest BCUT2D eigenvalue weighted by Gasteiger charge is 2.13. The van der Waals surface area contributed by atoms with E-state index < -0.39 is 5.91 Å². The van der Waals surface area contributed by atoms with Crippen molar-refractivity contribution in [3.05, 3.63) is 77.0 Å². The second-order valence-electron chi connectivity index (χ2n) is 5.97. The summed E-state index contributed by atoms with van der Waals surface area (Å²) in [4.78, 5) is 12.3. The van der Waals surface area contributed by atoms with Crippen molar-refractivity contribution in [3.8, 4) is 6.07 Å². The van der Waals surface area contributed by atoms with Crippen molar-refractivity contribution in [2.24, 2.45) is 0 Å². The van der Waals surface area contributed by atoms with Gasteiger partial charge in [-0.3, -0.25) is 4.79 Å². The Bertz CT molecular complexity index is 801. The number of nitriles is 1. The van der Waals surface area contributed by atoms with Gasteiger partial charge in [0.15, 0.2) is 0 Å². The molecule has 1 unspecified atom stereocenters. The number of aryl methyl sites for hydroxylation is 2. The smallest absolute Gasteiger partial charge is 0.263 e. The molecule has 4 nitrogen and oxygen atoms in total. The van der Waals surface area contributed by atoms with Crippen LogP contribution in [0.5, 0.6) is 0 Å². The van der Waals surface area contributed by atoms with Gasteiger partial charge in [0.25, 0.3) is 5.91 Å². The summed E-state index contributed by atoms with van der Waals surface area (Å²) >= 11 is 0. The van der Waals surface area contributed by atoms with Gasteiger partial charge in [-0.2, -0.15) is 5.26 Å². The number of carbonyl (C=O) groups excluding carboxylic acids is 1. The zero-order chi connectivity index (χ0) is 18.2. The SMILES string of the molecule is CCc1ccc(C(C)NC(=O)/C(C#N)=C\Nc2cccc(C)c2)cc1. The second kappa shape index (κ2) is 8.70. The summed E-state index contributed by atoms with van der Waals surface area (Å²) in [5.74, 6) is -0.394. The third kappa shape index (κ3) is 5.22. The maximum atomic E-state index is 12.3.